The largest absolute Gasteiger partial charge is 0.471 e. The van der Waals surface area contributed by atoms with Crippen LogP contribution in [0.15, 0.2) is 49.1 Å². The Kier molecular flexibility index (Phi) is 8.50. The molecule has 0 unspecified atom stereocenters. The second-order valence-corrected chi connectivity index (χ2v) is 22.1. The summed E-state index contributed by atoms with van der Waals surface area (Å²) < 4.78 is 37.8. The van der Waals surface area contributed by atoms with Crippen molar-refractivity contribution in [3.05, 3.63) is 54.6 Å². The minimum absolute atomic E-state index is 0.135. The summed E-state index contributed by atoms with van der Waals surface area (Å²) in [6, 6.07) is 9.91. The fourth-order valence-corrected chi connectivity index (χ4v) is 18.0. The molecule has 4 atom stereocenters. The second-order valence-electron chi connectivity index (χ2n) is 13.2. The summed E-state index contributed by atoms with van der Waals surface area (Å²) in [4.78, 5) is 13.8. The van der Waals surface area contributed by atoms with Gasteiger partial charge in [0.05, 0.1) is 12.9 Å². The SMILES string of the molecule is CC(C)[Si]1(C(C)C)OC[C@H]2O[C@@H](n3cnc4c(OCc5ccccc5)nc5nccn5c43)[C@H](O)[C@@H]2O[Si](C(C)C)(C(C)C)O1. The Bertz CT molecular complexity index is 1580. The zero-order chi connectivity index (χ0) is 31.4. The van der Waals surface area contributed by atoms with Gasteiger partial charge in [0.15, 0.2) is 17.4 Å². The van der Waals surface area contributed by atoms with E-state index in [0.717, 1.165) is 5.56 Å². The normalized spacial score (nSPS) is 25.3. The van der Waals surface area contributed by atoms with Crippen molar-refractivity contribution in [1.82, 2.24) is 23.9 Å². The van der Waals surface area contributed by atoms with Crippen LogP contribution in [0.1, 0.15) is 67.2 Å². The first-order valence-electron chi connectivity index (χ1n) is 15.7. The molecule has 11 nitrogen and oxygen atoms in total. The van der Waals surface area contributed by atoms with Gasteiger partial charge in [-0.1, -0.05) is 85.7 Å². The number of fused-ring (bicyclic) bond motifs is 4. The highest BCUT2D eigenvalue weighted by molar-refractivity contribution is 6.84. The van der Waals surface area contributed by atoms with Crippen LogP contribution in [-0.4, -0.2) is 71.1 Å². The van der Waals surface area contributed by atoms with Crippen molar-refractivity contribution < 1.29 is 27.5 Å². The Balaban J connectivity index is 1.40. The van der Waals surface area contributed by atoms with Crippen LogP contribution in [0.3, 0.4) is 0 Å². The third-order valence-electron chi connectivity index (χ3n) is 9.15. The summed E-state index contributed by atoms with van der Waals surface area (Å²) >= 11 is 0. The second kappa shape index (κ2) is 11.9. The zero-order valence-electron chi connectivity index (χ0n) is 26.9. The van der Waals surface area contributed by atoms with E-state index in [-0.39, 0.29) is 28.8 Å². The predicted octanol–water partition coefficient (Wildman–Crippen LogP) is 5.87. The topological polar surface area (TPSA) is 114 Å². The minimum Gasteiger partial charge on any atom is -0.471 e. The number of hydrogen-bond donors (Lipinski definition) is 1. The molecule has 6 rings (SSSR count). The third-order valence-corrected chi connectivity index (χ3v) is 19.4. The summed E-state index contributed by atoms with van der Waals surface area (Å²) in [6.45, 7) is 18.1. The van der Waals surface area contributed by atoms with Crippen LogP contribution in [-0.2, 0) is 24.3 Å². The number of aliphatic hydroxyl groups excluding tert-OH is 1. The standard InChI is InChI=1S/C31H45N5O6Si2/c1-19(2)43(20(3)4)39-17-24-27(41-44(42-43,21(5)6)22(7)8)26(37)30(40-24)36-18-33-25-28(38-16-23-12-10-9-11-13-23)34-31-32-14-15-35(31)29(25)36/h9-15,18-22,24,26-27,30,37H,16-17H2,1-8H3/t24-,26-,27-,30-/m1/s1. The lowest BCUT2D eigenvalue weighted by Gasteiger charge is -2.51. The van der Waals surface area contributed by atoms with Crippen molar-refractivity contribution in [2.45, 2.75) is 109 Å². The number of rotatable bonds is 8. The summed E-state index contributed by atoms with van der Waals surface area (Å²) in [5, 5.41) is 12.0. The van der Waals surface area contributed by atoms with Crippen molar-refractivity contribution in [1.29, 1.82) is 0 Å². The lowest BCUT2D eigenvalue weighted by atomic mass is 10.1. The van der Waals surface area contributed by atoms with Crippen LogP contribution >= 0.6 is 0 Å². The summed E-state index contributed by atoms with van der Waals surface area (Å²) in [7, 11) is -5.68. The lowest BCUT2D eigenvalue weighted by molar-refractivity contribution is -0.0570. The zero-order valence-corrected chi connectivity index (χ0v) is 28.9. The quantitative estimate of drug-likeness (QED) is 0.236. The Morgan fingerprint density at radius 3 is 2.30 bits per heavy atom. The van der Waals surface area contributed by atoms with E-state index in [4.69, 9.17) is 27.4 Å². The van der Waals surface area contributed by atoms with Crippen molar-refractivity contribution >= 4 is 34.1 Å². The van der Waals surface area contributed by atoms with E-state index in [9.17, 15) is 5.11 Å². The Labute approximate surface area is 261 Å². The molecule has 238 valence electrons. The number of benzene rings is 1. The van der Waals surface area contributed by atoms with Gasteiger partial charge in [-0.3, -0.25) is 8.97 Å². The van der Waals surface area contributed by atoms with E-state index in [1.807, 2.05) is 45.5 Å². The van der Waals surface area contributed by atoms with Gasteiger partial charge < -0.3 is 27.5 Å². The van der Waals surface area contributed by atoms with Gasteiger partial charge >= 0.3 is 17.1 Å². The smallest absolute Gasteiger partial charge is 0.335 e. The molecule has 1 N–H and O–H groups in total. The summed E-state index contributed by atoms with van der Waals surface area (Å²) in [6.07, 6.45) is 2.27. The molecular formula is C31H45N5O6Si2. The first-order valence-corrected chi connectivity index (χ1v) is 19.6. The van der Waals surface area contributed by atoms with E-state index in [1.54, 1.807) is 12.5 Å². The van der Waals surface area contributed by atoms with Crippen LogP contribution in [0, 0.1) is 0 Å². The fraction of sp³-hybridized carbons (Fsp3) is 0.581. The van der Waals surface area contributed by atoms with Gasteiger partial charge in [-0.15, -0.1) is 0 Å². The molecule has 2 saturated heterocycles. The molecule has 3 aromatic heterocycles. The van der Waals surface area contributed by atoms with Crippen LogP contribution in [0.5, 0.6) is 5.88 Å². The van der Waals surface area contributed by atoms with Crippen molar-refractivity contribution in [3.8, 4) is 5.88 Å². The molecule has 5 heterocycles. The number of hydrogen-bond acceptors (Lipinski definition) is 9. The number of ether oxygens (including phenoxy) is 2. The molecule has 0 radical (unpaired) electrons. The van der Waals surface area contributed by atoms with Gasteiger partial charge in [0, 0.05) is 12.4 Å². The van der Waals surface area contributed by atoms with Crippen LogP contribution in [0.25, 0.3) is 16.9 Å². The monoisotopic (exact) mass is 639 g/mol. The van der Waals surface area contributed by atoms with Gasteiger partial charge in [-0.25, -0.2) is 9.97 Å². The molecule has 2 aliphatic heterocycles. The first-order chi connectivity index (χ1) is 21.0. The van der Waals surface area contributed by atoms with Crippen LogP contribution in [0.4, 0.5) is 0 Å². The van der Waals surface area contributed by atoms with Gasteiger partial charge in [-0.05, 0) is 27.7 Å². The van der Waals surface area contributed by atoms with E-state index < -0.39 is 41.7 Å². The molecule has 1 aromatic carbocycles. The number of imidazole rings is 2. The third kappa shape index (κ3) is 5.11. The first kappa shape index (κ1) is 31.3. The van der Waals surface area contributed by atoms with Crippen molar-refractivity contribution in [3.63, 3.8) is 0 Å². The molecule has 0 aliphatic carbocycles. The molecule has 0 saturated carbocycles. The average Bonchev–Trinajstić information content (AvgIpc) is 3.69. The molecule has 13 heteroatoms. The molecule has 2 fully saturated rings. The van der Waals surface area contributed by atoms with Gasteiger partial charge in [-0.2, -0.15) is 4.98 Å². The number of aromatic nitrogens is 5. The van der Waals surface area contributed by atoms with Gasteiger partial charge in [0.1, 0.15) is 24.9 Å². The van der Waals surface area contributed by atoms with Crippen molar-refractivity contribution in [2.24, 2.45) is 0 Å². The molecule has 0 bridgehead atoms. The number of nitrogens with zero attached hydrogens (tertiary/aromatic N) is 5. The maximum absolute atomic E-state index is 12.0. The van der Waals surface area contributed by atoms with Crippen molar-refractivity contribution in [2.75, 3.05) is 6.61 Å². The van der Waals surface area contributed by atoms with E-state index in [0.29, 0.717) is 29.4 Å². The fourth-order valence-electron chi connectivity index (χ4n) is 6.81. The Morgan fingerprint density at radius 1 is 0.955 bits per heavy atom. The maximum atomic E-state index is 12.0. The predicted molar refractivity (Wildman–Crippen MR) is 171 cm³/mol. The highest BCUT2D eigenvalue weighted by Gasteiger charge is 2.61. The average molecular weight is 640 g/mol. The van der Waals surface area contributed by atoms with E-state index >= 15 is 0 Å². The van der Waals surface area contributed by atoms with Crippen LogP contribution < -0.4 is 4.74 Å². The lowest BCUT2D eigenvalue weighted by Crippen LogP contribution is -2.65. The highest BCUT2D eigenvalue weighted by atomic mass is 28.5. The van der Waals surface area contributed by atoms with Crippen LogP contribution in [0.2, 0.25) is 22.2 Å². The molecule has 44 heavy (non-hydrogen) atoms. The molecule has 0 spiro atoms. The molecule has 4 aromatic rings. The summed E-state index contributed by atoms with van der Waals surface area (Å²) in [5.74, 6) is 0.827. The summed E-state index contributed by atoms with van der Waals surface area (Å²) in [5.41, 5.74) is 2.92. The molecule has 2 aliphatic rings. The minimum atomic E-state index is -2.93. The highest BCUT2D eigenvalue weighted by Crippen LogP contribution is 2.48. The maximum Gasteiger partial charge on any atom is 0.335 e. The van der Waals surface area contributed by atoms with Gasteiger partial charge in [0.25, 0.3) is 0 Å². The van der Waals surface area contributed by atoms with E-state index in [1.165, 1.54) is 0 Å². The number of aliphatic hydroxyl groups is 1. The Morgan fingerprint density at radius 2 is 1.64 bits per heavy atom. The Hall–Kier alpha value is -2.66. The molecular weight excluding hydrogens is 595 g/mol. The van der Waals surface area contributed by atoms with E-state index in [2.05, 4.69) is 65.4 Å². The van der Waals surface area contributed by atoms with Gasteiger partial charge in [0.2, 0.25) is 11.7 Å². The molecule has 0 amide bonds.